The molecule has 0 nitrogen and oxygen atoms in total. The van der Waals surface area contributed by atoms with E-state index in [1.807, 2.05) is 6.92 Å². The van der Waals surface area contributed by atoms with Gasteiger partial charge in [0.1, 0.15) is 0 Å². The standard InChI is InChI=1S/C15H16/c1-11(2)8-9-14-12(3)10-13-6-4-5-7-15(13)14/h4-9H,1,10H2,2-3H3/b9-8-. The van der Waals surface area contributed by atoms with Crippen molar-refractivity contribution in [2.24, 2.45) is 0 Å². The number of hydrogen-bond acceptors (Lipinski definition) is 0. The number of rotatable bonds is 2. The van der Waals surface area contributed by atoms with Gasteiger partial charge in [-0.25, -0.2) is 0 Å². The Hall–Kier alpha value is -1.56. The van der Waals surface area contributed by atoms with Gasteiger partial charge in [-0.3, -0.25) is 0 Å². The van der Waals surface area contributed by atoms with Crippen LogP contribution in [0, 0.1) is 0 Å². The average Bonchev–Trinajstić information content (AvgIpc) is 2.50. The molecule has 0 heteroatoms. The molecule has 0 saturated heterocycles. The highest BCUT2D eigenvalue weighted by molar-refractivity contribution is 5.82. The van der Waals surface area contributed by atoms with Gasteiger partial charge in [0.15, 0.2) is 0 Å². The minimum Gasteiger partial charge on any atom is -0.0961 e. The van der Waals surface area contributed by atoms with E-state index in [2.05, 4.69) is 49.9 Å². The molecule has 1 aromatic carbocycles. The molecular formula is C15H16. The van der Waals surface area contributed by atoms with E-state index >= 15 is 0 Å². The fraction of sp³-hybridized carbons (Fsp3) is 0.200. The number of benzene rings is 1. The van der Waals surface area contributed by atoms with Gasteiger partial charge in [-0.15, -0.1) is 0 Å². The van der Waals surface area contributed by atoms with Crippen LogP contribution in [0.4, 0.5) is 0 Å². The Bertz CT molecular complexity index is 459. The van der Waals surface area contributed by atoms with Crippen LogP contribution in [0.15, 0.2) is 54.1 Å². The van der Waals surface area contributed by atoms with E-state index in [0.717, 1.165) is 12.0 Å². The van der Waals surface area contributed by atoms with E-state index < -0.39 is 0 Å². The van der Waals surface area contributed by atoms with Gasteiger partial charge in [0.25, 0.3) is 0 Å². The van der Waals surface area contributed by atoms with E-state index in [4.69, 9.17) is 0 Å². The topological polar surface area (TPSA) is 0 Å². The SMILES string of the molecule is C=C(C)/C=C\C1=C(C)Cc2ccccc21. The van der Waals surface area contributed by atoms with Crippen molar-refractivity contribution in [1.29, 1.82) is 0 Å². The number of hydrogen-bond donors (Lipinski definition) is 0. The predicted octanol–water partition coefficient (Wildman–Crippen LogP) is 4.15. The lowest BCUT2D eigenvalue weighted by molar-refractivity contribution is 1.19. The third-order valence-corrected chi connectivity index (χ3v) is 2.76. The molecule has 0 spiro atoms. The van der Waals surface area contributed by atoms with Crippen molar-refractivity contribution in [3.63, 3.8) is 0 Å². The second-order valence-electron chi connectivity index (χ2n) is 4.21. The summed E-state index contributed by atoms with van der Waals surface area (Å²) in [6.45, 7) is 8.12. The van der Waals surface area contributed by atoms with Crippen LogP contribution in [0.3, 0.4) is 0 Å². The first-order valence-corrected chi connectivity index (χ1v) is 5.30. The summed E-state index contributed by atoms with van der Waals surface area (Å²) in [7, 11) is 0. The van der Waals surface area contributed by atoms with Gasteiger partial charge >= 0.3 is 0 Å². The molecule has 0 N–H and O–H groups in total. The van der Waals surface area contributed by atoms with Crippen molar-refractivity contribution in [1.82, 2.24) is 0 Å². The van der Waals surface area contributed by atoms with E-state index in [9.17, 15) is 0 Å². The van der Waals surface area contributed by atoms with Crippen LogP contribution in [-0.2, 0) is 6.42 Å². The summed E-state index contributed by atoms with van der Waals surface area (Å²) in [5, 5.41) is 0. The van der Waals surface area contributed by atoms with Crippen LogP contribution >= 0.6 is 0 Å². The van der Waals surface area contributed by atoms with Gasteiger partial charge in [0.05, 0.1) is 0 Å². The lowest BCUT2D eigenvalue weighted by atomic mass is 10.0. The molecule has 76 valence electrons. The summed E-state index contributed by atoms with van der Waals surface area (Å²) in [4.78, 5) is 0. The first-order valence-electron chi connectivity index (χ1n) is 5.30. The molecule has 0 atom stereocenters. The van der Waals surface area contributed by atoms with Crippen LogP contribution in [0.1, 0.15) is 25.0 Å². The Morgan fingerprint density at radius 3 is 2.80 bits per heavy atom. The summed E-state index contributed by atoms with van der Waals surface area (Å²) in [6.07, 6.45) is 5.36. The Morgan fingerprint density at radius 2 is 2.07 bits per heavy atom. The van der Waals surface area contributed by atoms with Gasteiger partial charge in [0.2, 0.25) is 0 Å². The number of fused-ring (bicyclic) bond motifs is 1. The molecule has 15 heavy (non-hydrogen) atoms. The summed E-state index contributed by atoms with van der Waals surface area (Å²) in [6, 6.07) is 8.62. The second-order valence-corrected chi connectivity index (χ2v) is 4.21. The van der Waals surface area contributed by atoms with Crippen molar-refractivity contribution in [2.75, 3.05) is 0 Å². The lowest BCUT2D eigenvalue weighted by Gasteiger charge is -2.00. The number of allylic oxidation sites excluding steroid dienone is 5. The maximum atomic E-state index is 3.89. The molecule has 0 fully saturated rings. The Morgan fingerprint density at radius 1 is 1.33 bits per heavy atom. The molecule has 0 unspecified atom stereocenters. The molecule has 1 aliphatic carbocycles. The zero-order chi connectivity index (χ0) is 10.8. The minimum absolute atomic E-state index is 1.09. The second kappa shape index (κ2) is 3.90. The van der Waals surface area contributed by atoms with Gasteiger partial charge in [-0.05, 0) is 37.0 Å². The van der Waals surface area contributed by atoms with Crippen LogP contribution in [0.5, 0.6) is 0 Å². The maximum Gasteiger partial charge on any atom is -0.00545 e. The van der Waals surface area contributed by atoms with E-state index in [1.165, 1.54) is 22.3 Å². The zero-order valence-electron chi connectivity index (χ0n) is 9.38. The molecule has 0 saturated carbocycles. The third-order valence-electron chi connectivity index (χ3n) is 2.76. The Balaban J connectivity index is 2.40. The maximum absolute atomic E-state index is 3.89. The van der Waals surface area contributed by atoms with Crippen LogP contribution in [-0.4, -0.2) is 0 Å². The molecule has 1 aliphatic rings. The van der Waals surface area contributed by atoms with Gasteiger partial charge in [-0.1, -0.05) is 54.1 Å². The van der Waals surface area contributed by atoms with Crippen LogP contribution in [0.25, 0.3) is 5.57 Å². The predicted molar refractivity (Wildman–Crippen MR) is 66.7 cm³/mol. The van der Waals surface area contributed by atoms with Gasteiger partial charge in [-0.2, -0.15) is 0 Å². The van der Waals surface area contributed by atoms with Crippen molar-refractivity contribution in [3.8, 4) is 0 Å². The normalized spacial score (nSPS) is 14.8. The van der Waals surface area contributed by atoms with Crippen molar-refractivity contribution in [3.05, 3.63) is 65.3 Å². The van der Waals surface area contributed by atoms with Gasteiger partial charge < -0.3 is 0 Å². The zero-order valence-corrected chi connectivity index (χ0v) is 9.38. The van der Waals surface area contributed by atoms with E-state index in [0.29, 0.717) is 0 Å². The van der Waals surface area contributed by atoms with E-state index in [-0.39, 0.29) is 0 Å². The molecule has 2 rings (SSSR count). The molecule has 0 heterocycles. The fourth-order valence-electron chi connectivity index (χ4n) is 2.01. The quantitative estimate of drug-likeness (QED) is 0.623. The average molecular weight is 196 g/mol. The Kier molecular flexibility index (Phi) is 2.59. The molecule has 0 bridgehead atoms. The highest BCUT2D eigenvalue weighted by Gasteiger charge is 2.15. The monoisotopic (exact) mass is 196 g/mol. The first kappa shape index (κ1) is 9.97. The minimum atomic E-state index is 1.09. The first-order chi connectivity index (χ1) is 7.18. The molecule has 0 aromatic heterocycles. The van der Waals surface area contributed by atoms with Crippen molar-refractivity contribution in [2.45, 2.75) is 20.3 Å². The van der Waals surface area contributed by atoms with Crippen molar-refractivity contribution < 1.29 is 0 Å². The smallest absolute Gasteiger partial charge is 0.00545 e. The highest BCUT2D eigenvalue weighted by Crippen LogP contribution is 2.33. The molecule has 0 aliphatic heterocycles. The van der Waals surface area contributed by atoms with Gasteiger partial charge in [0, 0.05) is 0 Å². The largest absolute Gasteiger partial charge is 0.0961 e. The highest BCUT2D eigenvalue weighted by atomic mass is 14.2. The van der Waals surface area contributed by atoms with E-state index in [1.54, 1.807) is 0 Å². The summed E-state index contributed by atoms with van der Waals surface area (Å²) in [5.41, 5.74) is 6.74. The Labute approximate surface area is 91.6 Å². The molecule has 0 amide bonds. The summed E-state index contributed by atoms with van der Waals surface area (Å²) < 4.78 is 0. The van der Waals surface area contributed by atoms with Crippen LogP contribution < -0.4 is 0 Å². The molecular weight excluding hydrogens is 180 g/mol. The molecule has 1 aromatic rings. The molecule has 0 radical (unpaired) electrons. The van der Waals surface area contributed by atoms with Crippen LogP contribution in [0.2, 0.25) is 0 Å². The summed E-state index contributed by atoms with van der Waals surface area (Å²) >= 11 is 0. The third kappa shape index (κ3) is 1.94. The lowest BCUT2D eigenvalue weighted by Crippen LogP contribution is -1.81. The summed E-state index contributed by atoms with van der Waals surface area (Å²) in [5.74, 6) is 0. The van der Waals surface area contributed by atoms with Crippen molar-refractivity contribution >= 4 is 5.57 Å². The fourth-order valence-corrected chi connectivity index (χ4v) is 2.01.